The van der Waals surface area contributed by atoms with Gasteiger partial charge in [-0.25, -0.2) is 4.99 Å². The number of carbonyl (C=O) groups is 1. The number of amides is 1. The van der Waals surface area contributed by atoms with Crippen LogP contribution in [-0.2, 0) is 16.0 Å². The minimum Gasteiger partial charge on any atom is -0.375 e. The van der Waals surface area contributed by atoms with Gasteiger partial charge in [0.2, 0.25) is 0 Å². The van der Waals surface area contributed by atoms with Crippen molar-refractivity contribution in [1.29, 1.82) is 0 Å². The van der Waals surface area contributed by atoms with E-state index in [0.29, 0.717) is 18.7 Å². The lowest BCUT2D eigenvalue weighted by molar-refractivity contribution is -0.0817. The van der Waals surface area contributed by atoms with Crippen molar-refractivity contribution in [2.75, 3.05) is 46.9 Å². The molecule has 3 rings (SSSR count). The molecule has 162 valence electrons. The maximum Gasteiger partial charge on any atom is 0.253 e. The van der Waals surface area contributed by atoms with Crippen LogP contribution in [0.15, 0.2) is 29.3 Å². The lowest BCUT2D eigenvalue weighted by Crippen LogP contribution is -2.53. The standard InChI is InChI=1S/C21H32N4O3.HI/c1-4-22-21(25-11-13-28-19(15-25)18-6-5-12-27-18)23-14-16-7-9-17(10-8-16)20(26)24(2)3;/h7-10,18-19H,4-6,11-15H2,1-3H3,(H,22,23);1H. The molecule has 1 aromatic carbocycles. The number of hydrogen-bond donors (Lipinski definition) is 1. The Bertz CT molecular complexity index is 675. The van der Waals surface area contributed by atoms with Gasteiger partial charge in [0.25, 0.3) is 5.91 Å². The van der Waals surface area contributed by atoms with Crippen LogP contribution in [0.2, 0.25) is 0 Å². The summed E-state index contributed by atoms with van der Waals surface area (Å²) in [4.78, 5) is 20.7. The van der Waals surface area contributed by atoms with Crippen molar-refractivity contribution >= 4 is 35.8 Å². The highest BCUT2D eigenvalue weighted by Gasteiger charge is 2.32. The van der Waals surface area contributed by atoms with Crippen LogP contribution in [0.5, 0.6) is 0 Å². The van der Waals surface area contributed by atoms with Gasteiger partial charge in [-0.2, -0.15) is 0 Å². The van der Waals surface area contributed by atoms with Crippen LogP contribution in [0, 0.1) is 0 Å². The second-order valence-corrected chi connectivity index (χ2v) is 7.47. The fourth-order valence-corrected chi connectivity index (χ4v) is 3.59. The summed E-state index contributed by atoms with van der Waals surface area (Å²) >= 11 is 0. The number of carbonyl (C=O) groups excluding carboxylic acids is 1. The van der Waals surface area contributed by atoms with Crippen molar-refractivity contribution in [1.82, 2.24) is 15.1 Å². The van der Waals surface area contributed by atoms with Gasteiger partial charge < -0.3 is 24.6 Å². The molecule has 0 radical (unpaired) electrons. The number of nitrogens with one attached hydrogen (secondary N) is 1. The topological polar surface area (TPSA) is 66.4 Å². The Balaban J connectivity index is 0.00000300. The molecule has 29 heavy (non-hydrogen) atoms. The summed E-state index contributed by atoms with van der Waals surface area (Å²) in [5.74, 6) is 0.916. The Morgan fingerprint density at radius 2 is 1.93 bits per heavy atom. The highest BCUT2D eigenvalue weighted by Crippen LogP contribution is 2.21. The number of aliphatic imine (C=N–C) groups is 1. The summed E-state index contributed by atoms with van der Waals surface area (Å²) in [6.45, 7) is 6.62. The zero-order valence-electron chi connectivity index (χ0n) is 17.6. The van der Waals surface area contributed by atoms with E-state index < -0.39 is 0 Å². The first-order valence-corrected chi connectivity index (χ1v) is 10.2. The van der Waals surface area contributed by atoms with E-state index >= 15 is 0 Å². The first-order chi connectivity index (χ1) is 13.6. The van der Waals surface area contributed by atoms with Gasteiger partial charge in [-0.05, 0) is 37.5 Å². The van der Waals surface area contributed by atoms with E-state index in [-0.39, 0.29) is 42.1 Å². The highest BCUT2D eigenvalue weighted by molar-refractivity contribution is 14.0. The number of halogens is 1. The van der Waals surface area contributed by atoms with Crippen LogP contribution >= 0.6 is 24.0 Å². The molecule has 2 saturated heterocycles. The van der Waals surface area contributed by atoms with Crippen molar-refractivity contribution in [3.05, 3.63) is 35.4 Å². The zero-order chi connectivity index (χ0) is 19.9. The molecule has 1 amide bonds. The molecule has 1 N–H and O–H groups in total. The summed E-state index contributed by atoms with van der Waals surface area (Å²) in [7, 11) is 3.52. The van der Waals surface area contributed by atoms with Gasteiger partial charge in [0, 0.05) is 45.9 Å². The molecule has 2 aliphatic heterocycles. The number of nitrogens with zero attached hydrogens (tertiary/aromatic N) is 3. The van der Waals surface area contributed by atoms with Gasteiger partial charge in [-0.1, -0.05) is 12.1 Å². The number of morpholine rings is 1. The van der Waals surface area contributed by atoms with E-state index in [0.717, 1.165) is 50.6 Å². The van der Waals surface area contributed by atoms with Crippen molar-refractivity contribution in [3.63, 3.8) is 0 Å². The first kappa shape index (κ1) is 23.9. The molecule has 0 aliphatic carbocycles. The molecule has 2 unspecified atom stereocenters. The fourth-order valence-electron chi connectivity index (χ4n) is 3.59. The third-order valence-corrected chi connectivity index (χ3v) is 5.13. The molecule has 2 heterocycles. The average Bonchev–Trinajstić information content (AvgIpc) is 3.26. The van der Waals surface area contributed by atoms with E-state index in [4.69, 9.17) is 14.5 Å². The van der Waals surface area contributed by atoms with Crippen LogP contribution in [-0.4, -0.2) is 80.8 Å². The zero-order valence-corrected chi connectivity index (χ0v) is 19.9. The average molecular weight is 516 g/mol. The Morgan fingerprint density at radius 3 is 2.55 bits per heavy atom. The van der Waals surface area contributed by atoms with E-state index in [1.54, 1.807) is 19.0 Å². The quantitative estimate of drug-likeness (QED) is 0.370. The highest BCUT2D eigenvalue weighted by atomic mass is 127. The number of hydrogen-bond acceptors (Lipinski definition) is 4. The van der Waals surface area contributed by atoms with Crippen molar-refractivity contribution in [2.45, 2.75) is 38.5 Å². The van der Waals surface area contributed by atoms with Crippen LogP contribution in [0.1, 0.15) is 35.7 Å². The first-order valence-electron chi connectivity index (χ1n) is 10.2. The molecule has 7 nitrogen and oxygen atoms in total. The smallest absolute Gasteiger partial charge is 0.253 e. The van der Waals surface area contributed by atoms with Gasteiger partial charge in [0.05, 0.1) is 19.3 Å². The molecular formula is C21H33IN4O3. The molecule has 8 heteroatoms. The van der Waals surface area contributed by atoms with E-state index in [1.165, 1.54) is 0 Å². The normalized spacial score (nSPS) is 22.2. The number of benzene rings is 1. The lowest BCUT2D eigenvalue weighted by Gasteiger charge is -2.37. The third kappa shape index (κ3) is 6.55. The Kier molecular flexibility index (Phi) is 9.64. The van der Waals surface area contributed by atoms with Gasteiger partial charge >= 0.3 is 0 Å². The second-order valence-electron chi connectivity index (χ2n) is 7.47. The van der Waals surface area contributed by atoms with Crippen LogP contribution in [0.4, 0.5) is 0 Å². The van der Waals surface area contributed by atoms with E-state index in [9.17, 15) is 4.79 Å². The van der Waals surface area contributed by atoms with Gasteiger partial charge in [0.1, 0.15) is 6.10 Å². The number of rotatable bonds is 5. The fraction of sp³-hybridized carbons (Fsp3) is 0.619. The van der Waals surface area contributed by atoms with Crippen LogP contribution in [0.25, 0.3) is 0 Å². The predicted octanol–water partition coefficient (Wildman–Crippen LogP) is 2.35. The van der Waals surface area contributed by atoms with Gasteiger partial charge in [-0.15, -0.1) is 24.0 Å². The van der Waals surface area contributed by atoms with E-state index in [1.807, 2.05) is 24.3 Å². The summed E-state index contributed by atoms with van der Waals surface area (Å²) in [5.41, 5.74) is 1.77. The monoisotopic (exact) mass is 516 g/mol. The Morgan fingerprint density at radius 1 is 1.21 bits per heavy atom. The van der Waals surface area contributed by atoms with E-state index in [2.05, 4.69) is 17.1 Å². The Labute approximate surface area is 190 Å². The van der Waals surface area contributed by atoms with Crippen LogP contribution in [0.3, 0.4) is 0 Å². The lowest BCUT2D eigenvalue weighted by atomic mass is 10.1. The predicted molar refractivity (Wildman–Crippen MR) is 125 cm³/mol. The number of guanidine groups is 1. The van der Waals surface area contributed by atoms with Gasteiger partial charge in [0.15, 0.2) is 5.96 Å². The third-order valence-electron chi connectivity index (χ3n) is 5.13. The molecule has 0 spiro atoms. The summed E-state index contributed by atoms with van der Waals surface area (Å²) in [5, 5.41) is 3.40. The summed E-state index contributed by atoms with van der Waals surface area (Å²) < 4.78 is 11.8. The molecule has 1 aromatic rings. The minimum atomic E-state index is 0. The molecule has 2 aliphatic rings. The number of ether oxygens (including phenoxy) is 2. The molecule has 0 aromatic heterocycles. The summed E-state index contributed by atoms with van der Waals surface area (Å²) in [6, 6.07) is 7.67. The second kappa shape index (κ2) is 11.7. The largest absolute Gasteiger partial charge is 0.375 e. The van der Waals surface area contributed by atoms with Crippen molar-refractivity contribution in [3.8, 4) is 0 Å². The molecule has 2 fully saturated rings. The van der Waals surface area contributed by atoms with Crippen molar-refractivity contribution in [2.24, 2.45) is 4.99 Å². The summed E-state index contributed by atoms with van der Waals surface area (Å²) in [6.07, 6.45) is 2.50. The molecular weight excluding hydrogens is 483 g/mol. The minimum absolute atomic E-state index is 0. The van der Waals surface area contributed by atoms with Gasteiger partial charge in [-0.3, -0.25) is 4.79 Å². The maximum atomic E-state index is 12.0. The molecule has 0 bridgehead atoms. The molecule has 2 atom stereocenters. The Hall–Kier alpha value is -1.39. The molecule has 0 saturated carbocycles. The van der Waals surface area contributed by atoms with Crippen molar-refractivity contribution < 1.29 is 14.3 Å². The SMILES string of the molecule is CCNC(=NCc1ccc(C(=O)N(C)C)cc1)N1CCOC(C2CCCO2)C1.I. The van der Waals surface area contributed by atoms with Crippen LogP contribution < -0.4 is 5.32 Å². The maximum absolute atomic E-state index is 12.0.